The molecule has 4 unspecified atom stereocenters. The standard InChI is InChI=1S/C36H52/c1-7-12-13-18-28(9-3)35-26-25-32(36(17-8-2)31(35)11-5)27(6)23-24-29(10-4)33-22-16-20-30-19-14-15-21-34(30)33/h10-11,15,18,21-22,25-27,29,32,36H,4-5,7-9,12-14,16-17,19-20,23-24H2,1-3,6H3/b28-18+. The second kappa shape index (κ2) is 14.6. The first-order valence-corrected chi connectivity index (χ1v) is 15.0. The van der Waals surface area contributed by atoms with Gasteiger partial charge in [-0.05, 0) is 103 Å². The molecule has 0 aliphatic heterocycles. The van der Waals surface area contributed by atoms with Crippen molar-refractivity contribution in [3.8, 4) is 0 Å². The molecule has 0 radical (unpaired) electrons. The Bertz CT molecular complexity index is 937. The van der Waals surface area contributed by atoms with Gasteiger partial charge in [0.05, 0.1) is 0 Å². The maximum atomic E-state index is 4.31. The van der Waals surface area contributed by atoms with E-state index < -0.39 is 0 Å². The highest BCUT2D eigenvalue weighted by molar-refractivity contribution is 5.51. The van der Waals surface area contributed by atoms with Gasteiger partial charge < -0.3 is 0 Å². The van der Waals surface area contributed by atoms with Gasteiger partial charge in [-0.2, -0.15) is 0 Å². The molecular formula is C36H52. The van der Waals surface area contributed by atoms with Crippen LogP contribution in [-0.4, -0.2) is 0 Å². The molecule has 0 heterocycles. The van der Waals surface area contributed by atoms with Gasteiger partial charge in [0.2, 0.25) is 0 Å². The molecule has 0 N–H and O–H groups in total. The van der Waals surface area contributed by atoms with E-state index >= 15 is 0 Å². The molecule has 196 valence electrons. The molecule has 0 fully saturated rings. The van der Waals surface area contributed by atoms with Crippen molar-refractivity contribution >= 4 is 0 Å². The Morgan fingerprint density at radius 1 is 1.06 bits per heavy atom. The van der Waals surface area contributed by atoms with Crippen molar-refractivity contribution in [2.45, 2.75) is 105 Å². The Kier molecular flexibility index (Phi) is 11.6. The summed E-state index contributed by atoms with van der Waals surface area (Å²) in [7, 11) is 0. The van der Waals surface area contributed by atoms with Crippen LogP contribution in [0.5, 0.6) is 0 Å². The molecule has 0 saturated carbocycles. The molecule has 0 heteroatoms. The average molecular weight is 485 g/mol. The third-order valence-electron chi connectivity index (χ3n) is 8.83. The highest BCUT2D eigenvalue weighted by atomic mass is 14.4. The average Bonchev–Trinajstić information content (AvgIpc) is 2.91. The predicted octanol–water partition coefficient (Wildman–Crippen LogP) is 11.2. The predicted molar refractivity (Wildman–Crippen MR) is 161 cm³/mol. The van der Waals surface area contributed by atoms with Gasteiger partial charge in [0, 0.05) is 5.92 Å². The topological polar surface area (TPSA) is 0 Å². The molecule has 0 bridgehead atoms. The van der Waals surface area contributed by atoms with E-state index in [9.17, 15) is 0 Å². The van der Waals surface area contributed by atoms with E-state index in [1.807, 2.05) is 0 Å². The summed E-state index contributed by atoms with van der Waals surface area (Å²) < 4.78 is 0. The zero-order valence-electron chi connectivity index (χ0n) is 23.8. The quantitative estimate of drug-likeness (QED) is 0.170. The first-order valence-electron chi connectivity index (χ1n) is 15.0. The zero-order valence-corrected chi connectivity index (χ0v) is 23.8. The van der Waals surface area contributed by atoms with Crippen LogP contribution >= 0.6 is 0 Å². The van der Waals surface area contributed by atoms with Gasteiger partial charge in [-0.1, -0.05) is 108 Å². The van der Waals surface area contributed by atoms with E-state index in [1.54, 1.807) is 11.1 Å². The van der Waals surface area contributed by atoms with Crippen LogP contribution in [0.3, 0.4) is 0 Å². The third kappa shape index (κ3) is 6.81. The van der Waals surface area contributed by atoms with E-state index in [0.29, 0.717) is 23.7 Å². The van der Waals surface area contributed by atoms with Crippen LogP contribution in [-0.2, 0) is 0 Å². The maximum Gasteiger partial charge on any atom is 0.00181 e. The highest BCUT2D eigenvalue weighted by Crippen LogP contribution is 2.43. The van der Waals surface area contributed by atoms with Gasteiger partial charge >= 0.3 is 0 Å². The van der Waals surface area contributed by atoms with Gasteiger partial charge in [0.1, 0.15) is 0 Å². The Hall–Kier alpha value is -2.08. The summed E-state index contributed by atoms with van der Waals surface area (Å²) >= 11 is 0. The number of hydrogen-bond donors (Lipinski definition) is 0. The highest BCUT2D eigenvalue weighted by Gasteiger charge is 2.31. The van der Waals surface area contributed by atoms with Crippen LogP contribution in [0.4, 0.5) is 0 Å². The van der Waals surface area contributed by atoms with E-state index in [4.69, 9.17) is 0 Å². The number of allylic oxidation sites excluding steroid dienone is 14. The lowest BCUT2D eigenvalue weighted by molar-refractivity contribution is 0.288. The molecule has 36 heavy (non-hydrogen) atoms. The summed E-state index contributed by atoms with van der Waals surface area (Å²) in [5, 5.41) is 0. The fourth-order valence-corrected chi connectivity index (χ4v) is 6.74. The molecule has 3 aliphatic rings. The van der Waals surface area contributed by atoms with Gasteiger partial charge in [-0.15, -0.1) is 6.58 Å². The van der Waals surface area contributed by atoms with Gasteiger partial charge in [0.15, 0.2) is 0 Å². The second-order valence-electron chi connectivity index (χ2n) is 11.2. The molecule has 0 spiro atoms. The fraction of sp³-hybridized carbons (Fsp3) is 0.556. The molecule has 0 saturated heterocycles. The summed E-state index contributed by atoms with van der Waals surface area (Å²) in [6, 6.07) is 0. The second-order valence-corrected chi connectivity index (χ2v) is 11.2. The van der Waals surface area contributed by atoms with Crippen molar-refractivity contribution < 1.29 is 0 Å². The summed E-state index contributed by atoms with van der Waals surface area (Å²) in [6.45, 7) is 18.0. The van der Waals surface area contributed by atoms with Crippen LogP contribution < -0.4 is 0 Å². The minimum Gasteiger partial charge on any atom is -0.102 e. The van der Waals surface area contributed by atoms with Crippen molar-refractivity contribution in [2.24, 2.45) is 23.7 Å². The van der Waals surface area contributed by atoms with Gasteiger partial charge in [-0.3, -0.25) is 0 Å². The minimum absolute atomic E-state index is 0.468. The van der Waals surface area contributed by atoms with E-state index in [1.165, 1.54) is 92.9 Å². The number of hydrogen-bond acceptors (Lipinski definition) is 0. The maximum absolute atomic E-state index is 4.31. The molecule has 0 aromatic heterocycles. The van der Waals surface area contributed by atoms with Crippen LogP contribution in [0.2, 0.25) is 0 Å². The van der Waals surface area contributed by atoms with Crippen LogP contribution in [0.15, 0.2) is 95.2 Å². The molecule has 3 aliphatic carbocycles. The zero-order chi connectivity index (χ0) is 25.9. The molecule has 0 amide bonds. The SMILES string of the molecule is C=CC1=C(/C(=C/CCCC)CC)C=CC(C(C)CCC(C=C)C2=CCCC3=C2C=CCC3)C1CCC. The molecule has 0 aromatic rings. The monoisotopic (exact) mass is 484 g/mol. The van der Waals surface area contributed by atoms with Crippen molar-refractivity contribution in [1.82, 2.24) is 0 Å². The lowest BCUT2D eigenvalue weighted by atomic mass is 9.69. The summed E-state index contributed by atoms with van der Waals surface area (Å²) in [5.41, 5.74) is 9.25. The fourth-order valence-electron chi connectivity index (χ4n) is 6.74. The molecule has 0 nitrogen and oxygen atoms in total. The minimum atomic E-state index is 0.468. The Morgan fingerprint density at radius 2 is 1.86 bits per heavy atom. The van der Waals surface area contributed by atoms with Crippen LogP contribution in [0, 0.1) is 23.7 Å². The van der Waals surface area contributed by atoms with Crippen molar-refractivity contribution in [3.63, 3.8) is 0 Å². The van der Waals surface area contributed by atoms with Crippen molar-refractivity contribution in [1.29, 1.82) is 0 Å². The molecule has 4 atom stereocenters. The van der Waals surface area contributed by atoms with Crippen molar-refractivity contribution in [3.05, 3.63) is 95.2 Å². The number of rotatable bonds is 14. The molecule has 0 aromatic carbocycles. The summed E-state index contributed by atoms with van der Waals surface area (Å²) in [5.74, 6) is 2.28. The first-order chi connectivity index (χ1) is 17.6. The molecular weight excluding hydrogens is 432 g/mol. The lowest BCUT2D eigenvalue weighted by Gasteiger charge is -2.36. The Morgan fingerprint density at radius 3 is 2.56 bits per heavy atom. The van der Waals surface area contributed by atoms with Crippen LogP contribution in [0.25, 0.3) is 0 Å². The molecule has 3 rings (SSSR count). The van der Waals surface area contributed by atoms with E-state index in [-0.39, 0.29) is 0 Å². The summed E-state index contributed by atoms with van der Waals surface area (Å²) in [4.78, 5) is 0. The smallest absolute Gasteiger partial charge is 0.00181 e. The normalized spacial score (nSPS) is 23.9. The first kappa shape index (κ1) is 28.5. The van der Waals surface area contributed by atoms with E-state index in [0.717, 1.165) is 6.42 Å². The van der Waals surface area contributed by atoms with Crippen molar-refractivity contribution in [2.75, 3.05) is 0 Å². The number of unbranched alkanes of at least 4 members (excludes halogenated alkanes) is 2. The summed E-state index contributed by atoms with van der Waals surface area (Å²) in [6.07, 6.45) is 33.8. The van der Waals surface area contributed by atoms with E-state index in [2.05, 4.69) is 89.5 Å². The van der Waals surface area contributed by atoms with Gasteiger partial charge in [0.25, 0.3) is 0 Å². The Labute approximate surface area is 223 Å². The largest absolute Gasteiger partial charge is 0.102 e. The van der Waals surface area contributed by atoms with Crippen LogP contribution in [0.1, 0.15) is 105 Å². The van der Waals surface area contributed by atoms with Gasteiger partial charge in [-0.25, -0.2) is 0 Å². The Balaban J connectivity index is 1.76. The third-order valence-corrected chi connectivity index (χ3v) is 8.83. The lowest BCUT2D eigenvalue weighted by Crippen LogP contribution is -2.25.